The summed E-state index contributed by atoms with van der Waals surface area (Å²) in [5.74, 6) is 6.36. The summed E-state index contributed by atoms with van der Waals surface area (Å²) in [5.41, 5.74) is 7.77. The van der Waals surface area contributed by atoms with Gasteiger partial charge in [0.25, 0.3) is 5.91 Å². The van der Waals surface area contributed by atoms with Crippen LogP contribution in [0.5, 0.6) is 0 Å². The van der Waals surface area contributed by atoms with E-state index in [1.807, 2.05) is 6.92 Å². The highest BCUT2D eigenvalue weighted by atomic mass is 16.1. The molecule has 2 aromatic rings. The third kappa shape index (κ3) is 2.28. The van der Waals surface area contributed by atoms with E-state index in [2.05, 4.69) is 20.5 Å². The van der Waals surface area contributed by atoms with Gasteiger partial charge in [0.15, 0.2) is 5.82 Å². The number of anilines is 1. The first-order valence-electron chi connectivity index (χ1n) is 5.34. The van der Waals surface area contributed by atoms with Crippen molar-refractivity contribution >= 4 is 11.7 Å². The van der Waals surface area contributed by atoms with E-state index in [0.29, 0.717) is 23.9 Å². The monoisotopic (exact) mass is 247 g/mol. The first kappa shape index (κ1) is 12.0. The number of aryl methyl sites for hydroxylation is 1. The normalized spacial score (nSPS) is 10.3. The molecule has 0 bridgehead atoms. The van der Waals surface area contributed by atoms with Gasteiger partial charge in [-0.1, -0.05) is 6.92 Å². The number of hydrogen-bond acceptors (Lipinski definition) is 6. The second-order valence-corrected chi connectivity index (χ2v) is 3.54. The summed E-state index contributed by atoms with van der Waals surface area (Å²) >= 11 is 0. The van der Waals surface area contributed by atoms with Crippen LogP contribution in [-0.2, 0) is 6.42 Å². The minimum Gasteiger partial charge on any atom is -0.364 e. The molecule has 94 valence electrons. The molecule has 2 rings (SSSR count). The number of hydrogen-bond donors (Lipinski definition) is 3. The van der Waals surface area contributed by atoms with E-state index < -0.39 is 5.91 Å². The lowest BCUT2D eigenvalue weighted by atomic mass is 10.4. The van der Waals surface area contributed by atoms with Crippen LogP contribution in [0.15, 0.2) is 18.3 Å². The van der Waals surface area contributed by atoms with Crippen LogP contribution in [0, 0.1) is 0 Å². The summed E-state index contributed by atoms with van der Waals surface area (Å²) in [5, 5.41) is 4.01. The van der Waals surface area contributed by atoms with Crippen molar-refractivity contribution in [2.45, 2.75) is 13.3 Å². The second kappa shape index (κ2) is 4.80. The van der Waals surface area contributed by atoms with Crippen LogP contribution in [0.3, 0.4) is 0 Å². The summed E-state index contributed by atoms with van der Waals surface area (Å²) < 4.78 is 1.45. The molecule has 0 saturated heterocycles. The Morgan fingerprint density at radius 1 is 1.50 bits per heavy atom. The number of nitrogen functional groups attached to an aromatic ring is 1. The molecule has 0 unspecified atom stereocenters. The average molecular weight is 247 g/mol. The molecule has 5 N–H and O–H groups in total. The molecule has 2 heterocycles. The quantitative estimate of drug-likeness (QED) is 0.499. The molecule has 0 fully saturated rings. The molecule has 0 spiro atoms. The third-order valence-electron chi connectivity index (χ3n) is 2.30. The largest absolute Gasteiger partial charge is 0.364 e. The molecule has 1 amide bonds. The smallest absolute Gasteiger partial charge is 0.269 e. The second-order valence-electron chi connectivity index (χ2n) is 3.54. The minimum absolute atomic E-state index is 0.175. The number of aromatic nitrogens is 4. The Morgan fingerprint density at radius 2 is 2.28 bits per heavy atom. The molecule has 0 atom stereocenters. The van der Waals surface area contributed by atoms with Crippen molar-refractivity contribution in [3.8, 4) is 5.82 Å². The van der Waals surface area contributed by atoms with Crippen LogP contribution in [0.4, 0.5) is 5.82 Å². The highest BCUT2D eigenvalue weighted by Gasteiger charge is 2.09. The van der Waals surface area contributed by atoms with E-state index in [9.17, 15) is 4.79 Å². The van der Waals surface area contributed by atoms with E-state index in [-0.39, 0.29) is 5.69 Å². The molecule has 0 aliphatic heterocycles. The summed E-state index contributed by atoms with van der Waals surface area (Å²) in [6.07, 6.45) is 2.26. The van der Waals surface area contributed by atoms with Crippen molar-refractivity contribution < 1.29 is 4.79 Å². The summed E-state index contributed by atoms with van der Waals surface area (Å²) in [6.45, 7) is 1.93. The molecule has 0 aromatic carbocycles. The van der Waals surface area contributed by atoms with Gasteiger partial charge >= 0.3 is 0 Å². The molecule has 0 saturated carbocycles. The fourth-order valence-electron chi connectivity index (χ4n) is 1.42. The molecule has 8 nitrogen and oxygen atoms in total. The van der Waals surface area contributed by atoms with Gasteiger partial charge in [-0.05, 0) is 6.07 Å². The number of amides is 1. The average Bonchev–Trinajstić information content (AvgIpc) is 2.87. The van der Waals surface area contributed by atoms with Crippen LogP contribution >= 0.6 is 0 Å². The predicted molar refractivity (Wildman–Crippen MR) is 64.9 cm³/mol. The maximum absolute atomic E-state index is 11.0. The van der Waals surface area contributed by atoms with E-state index in [1.165, 1.54) is 10.7 Å². The number of carbonyl (C=O) groups excluding carboxylic acids is 1. The fourth-order valence-corrected chi connectivity index (χ4v) is 1.42. The number of nitrogens with one attached hydrogen (secondary N) is 1. The van der Waals surface area contributed by atoms with E-state index in [0.717, 1.165) is 0 Å². The number of primary amides is 1. The highest BCUT2D eigenvalue weighted by molar-refractivity contribution is 5.90. The zero-order valence-corrected chi connectivity index (χ0v) is 9.79. The maximum atomic E-state index is 11.0. The van der Waals surface area contributed by atoms with Gasteiger partial charge in [0.2, 0.25) is 0 Å². The maximum Gasteiger partial charge on any atom is 0.269 e. The molecular formula is C10H13N7O. The van der Waals surface area contributed by atoms with Crippen molar-refractivity contribution in [1.82, 2.24) is 19.7 Å². The van der Waals surface area contributed by atoms with Crippen molar-refractivity contribution in [2.24, 2.45) is 11.6 Å². The van der Waals surface area contributed by atoms with Gasteiger partial charge in [0, 0.05) is 18.7 Å². The van der Waals surface area contributed by atoms with Crippen LogP contribution in [0.2, 0.25) is 0 Å². The van der Waals surface area contributed by atoms with Gasteiger partial charge < -0.3 is 11.2 Å². The standard InChI is InChI=1S/C10H13N7O/c1-2-7-13-8(15-12)5-9(14-7)17-4-3-6(16-17)10(11)18/h3-5H,2,12H2,1H3,(H2,11,18)(H,13,14,15). The Labute approximate surface area is 103 Å². The topological polar surface area (TPSA) is 125 Å². The third-order valence-corrected chi connectivity index (χ3v) is 2.30. The molecule has 0 aliphatic rings. The van der Waals surface area contributed by atoms with E-state index in [4.69, 9.17) is 11.6 Å². The number of nitrogens with two attached hydrogens (primary N) is 2. The lowest BCUT2D eigenvalue weighted by molar-refractivity contribution is 0.0995. The van der Waals surface area contributed by atoms with Gasteiger partial charge in [-0.3, -0.25) is 4.79 Å². The summed E-state index contributed by atoms with van der Waals surface area (Å²) in [6, 6.07) is 3.14. The Hall–Kier alpha value is -2.48. The van der Waals surface area contributed by atoms with Gasteiger partial charge in [-0.2, -0.15) is 5.10 Å². The summed E-state index contributed by atoms with van der Waals surface area (Å²) in [4.78, 5) is 19.4. The number of hydrazine groups is 1. The van der Waals surface area contributed by atoms with Gasteiger partial charge in [0.05, 0.1) is 0 Å². The molecule has 0 radical (unpaired) electrons. The number of nitrogens with zero attached hydrogens (tertiary/aromatic N) is 4. The molecule has 18 heavy (non-hydrogen) atoms. The van der Waals surface area contributed by atoms with Crippen molar-refractivity contribution in [2.75, 3.05) is 5.43 Å². The Balaban J connectivity index is 2.45. The van der Waals surface area contributed by atoms with Crippen LogP contribution in [0.25, 0.3) is 5.82 Å². The predicted octanol–water partition coefficient (Wildman–Crippen LogP) is -0.391. The number of carbonyl (C=O) groups is 1. The highest BCUT2D eigenvalue weighted by Crippen LogP contribution is 2.10. The van der Waals surface area contributed by atoms with Gasteiger partial charge in [-0.25, -0.2) is 20.5 Å². The fraction of sp³-hybridized carbons (Fsp3) is 0.200. The van der Waals surface area contributed by atoms with Gasteiger partial charge in [0.1, 0.15) is 17.3 Å². The van der Waals surface area contributed by atoms with E-state index >= 15 is 0 Å². The molecular weight excluding hydrogens is 234 g/mol. The lowest BCUT2D eigenvalue weighted by Crippen LogP contribution is -2.14. The molecule has 8 heteroatoms. The SMILES string of the molecule is CCc1nc(NN)cc(-n2ccc(C(N)=O)n2)n1. The lowest BCUT2D eigenvalue weighted by Gasteiger charge is -2.06. The number of rotatable bonds is 4. The zero-order chi connectivity index (χ0) is 13.1. The van der Waals surface area contributed by atoms with Gasteiger partial charge in [-0.15, -0.1) is 0 Å². The Morgan fingerprint density at radius 3 is 2.83 bits per heavy atom. The zero-order valence-electron chi connectivity index (χ0n) is 9.79. The van der Waals surface area contributed by atoms with Crippen LogP contribution < -0.4 is 17.0 Å². The minimum atomic E-state index is -0.587. The van der Waals surface area contributed by atoms with Crippen molar-refractivity contribution in [3.05, 3.63) is 29.8 Å². The van der Waals surface area contributed by atoms with Crippen LogP contribution in [0.1, 0.15) is 23.2 Å². The molecule has 0 aliphatic carbocycles. The summed E-state index contributed by atoms with van der Waals surface area (Å²) in [7, 11) is 0. The van der Waals surface area contributed by atoms with E-state index in [1.54, 1.807) is 12.3 Å². The molecule has 2 aromatic heterocycles. The first-order chi connectivity index (χ1) is 8.63. The Kier molecular flexibility index (Phi) is 3.20. The van der Waals surface area contributed by atoms with Crippen LogP contribution in [-0.4, -0.2) is 25.7 Å². The first-order valence-corrected chi connectivity index (χ1v) is 5.34. The van der Waals surface area contributed by atoms with Crippen molar-refractivity contribution in [3.63, 3.8) is 0 Å². The van der Waals surface area contributed by atoms with Crippen molar-refractivity contribution in [1.29, 1.82) is 0 Å². The Bertz CT molecular complexity index is 555.